The van der Waals surface area contributed by atoms with E-state index in [1.807, 2.05) is 6.07 Å². The molecule has 1 unspecified atom stereocenters. The summed E-state index contributed by atoms with van der Waals surface area (Å²) in [6.07, 6.45) is 13.6. The van der Waals surface area contributed by atoms with Crippen LogP contribution in [0.5, 0.6) is 0 Å². The molecular weight excluding hydrogens is 1040 g/mol. The molecule has 1 saturated carbocycles. The Morgan fingerprint density at radius 3 is 1.54 bits per heavy atom. The average molecular weight is 1130 g/mol. The highest BCUT2D eigenvalue weighted by molar-refractivity contribution is 8.00. The van der Waals surface area contributed by atoms with Crippen LogP contribution >= 0.6 is 11.8 Å². The van der Waals surface area contributed by atoms with Crippen LogP contribution in [0.25, 0.3) is 0 Å². The molecule has 0 radical (unpaired) electrons. The molecule has 446 valence electrons. The predicted molar refractivity (Wildman–Crippen MR) is 291 cm³/mol. The lowest BCUT2D eigenvalue weighted by Crippen LogP contribution is -2.46. The maximum Gasteiger partial charge on any atom is 0.409 e. The summed E-state index contributed by atoms with van der Waals surface area (Å²) >= 11 is 1.48. The second-order valence-electron chi connectivity index (χ2n) is 16.7. The molecule has 4 heterocycles. The van der Waals surface area contributed by atoms with Gasteiger partial charge in [-0.15, -0.1) is 11.8 Å². The van der Waals surface area contributed by atoms with Crippen LogP contribution < -0.4 is 5.32 Å². The van der Waals surface area contributed by atoms with E-state index in [0.717, 1.165) is 71.4 Å². The molecule has 3 aliphatic heterocycles. The zero-order valence-corrected chi connectivity index (χ0v) is 49.0. The topological polar surface area (TPSA) is 293 Å². The van der Waals surface area contributed by atoms with Crippen molar-refractivity contribution in [2.75, 3.05) is 116 Å². The van der Waals surface area contributed by atoms with Gasteiger partial charge in [-0.1, -0.05) is 58.2 Å². The van der Waals surface area contributed by atoms with E-state index < -0.39 is 5.97 Å². The molecule has 25 heteroatoms. The van der Waals surface area contributed by atoms with Gasteiger partial charge in [0.15, 0.2) is 0 Å². The fourth-order valence-electron chi connectivity index (χ4n) is 6.11. The maximum atomic E-state index is 10.9. The summed E-state index contributed by atoms with van der Waals surface area (Å²) in [4.78, 5) is 104. The normalized spacial score (nSPS) is 14.8. The van der Waals surface area contributed by atoms with E-state index >= 15 is 0 Å². The van der Waals surface area contributed by atoms with Crippen LogP contribution in [0.15, 0.2) is 42.9 Å². The fourth-order valence-corrected chi connectivity index (χ4v) is 6.89. The number of aromatic nitrogens is 2. The number of methoxy groups -OCH3 is 9. The second-order valence-corrected chi connectivity index (χ2v) is 17.8. The van der Waals surface area contributed by atoms with Gasteiger partial charge in [0, 0.05) is 59.0 Å². The van der Waals surface area contributed by atoms with Crippen molar-refractivity contribution < 1.29 is 90.5 Å². The van der Waals surface area contributed by atoms with Crippen molar-refractivity contribution in [3.63, 3.8) is 0 Å². The van der Waals surface area contributed by atoms with Crippen LogP contribution in [0.4, 0.5) is 9.59 Å². The SMILES string of the molecule is CCC(=O)OC.COC(=O)C1CCCCC1.COC(=O)C1COCS1.COC(=O)CCC(C)C.COC(=O)N1CCCCC1.COC(=O)N1CCNCC1.COC(=O)c1ccccc1.COC(=O)c1cnc[nH]1.COC(C)=O. The Hall–Kier alpha value is -6.47. The van der Waals surface area contributed by atoms with Gasteiger partial charge in [-0.3, -0.25) is 24.0 Å². The molecule has 3 saturated heterocycles. The van der Waals surface area contributed by atoms with Gasteiger partial charge in [0.25, 0.3) is 0 Å². The second kappa shape index (κ2) is 51.3. The van der Waals surface area contributed by atoms with Gasteiger partial charge in [-0.25, -0.2) is 24.2 Å². The lowest BCUT2D eigenvalue weighted by molar-refractivity contribution is -0.146. The highest BCUT2D eigenvalue weighted by Crippen LogP contribution is 2.24. The molecule has 0 bridgehead atoms. The van der Waals surface area contributed by atoms with Gasteiger partial charge in [0.2, 0.25) is 0 Å². The molecule has 78 heavy (non-hydrogen) atoms. The molecule has 1 aromatic carbocycles. The molecule has 2 aromatic rings. The smallest absolute Gasteiger partial charge is 0.409 e. The van der Waals surface area contributed by atoms with Crippen LogP contribution in [0, 0.1) is 11.8 Å². The third kappa shape index (κ3) is 41.7. The van der Waals surface area contributed by atoms with E-state index in [2.05, 4.69) is 71.8 Å². The number of imidazole rings is 1. The molecular formula is C53H89N5O19S. The van der Waals surface area contributed by atoms with Gasteiger partial charge >= 0.3 is 54.0 Å². The number of thioether (sulfide) groups is 1. The van der Waals surface area contributed by atoms with E-state index in [1.54, 1.807) is 41.0 Å². The number of ether oxygens (including phenoxy) is 10. The van der Waals surface area contributed by atoms with E-state index in [0.29, 0.717) is 42.6 Å². The van der Waals surface area contributed by atoms with E-state index in [-0.39, 0.29) is 59.2 Å². The monoisotopic (exact) mass is 1130 g/mol. The summed E-state index contributed by atoms with van der Waals surface area (Å²) in [6, 6.07) is 8.88. The molecule has 1 atom stereocenters. The summed E-state index contributed by atoms with van der Waals surface area (Å²) in [5.74, 6) is 0.0107. The van der Waals surface area contributed by atoms with E-state index in [4.69, 9.17) is 4.74 Å². The van der Waals surface area contributed by atoms with Crippen molar-refractivity contribution in [1.82, 2.24) is 25.1 Å². The minimum atomic E-state index is -0.396. The Labute approximate surface area is 465 Å². The van der Waals surface area contributed by atoms with Gasteiger partial charge in [0.1, 0.15) is 10.9 Å². The molecule has 4 fully saturated rings. The fraction of sp³-hybridized carbons (Fsp3) is 0.660. The Morgan fingerprint density at radius 2 is 1.15 bits per heavy atom. The number of piperidine rings is 1. The quantitative estimate of drug-likeness (QED) is 0.201. The van der Waals surface area contributed by atoms with Gasteiger partial charge in [-0.05, 0) is 56.6 Å². The van der Waals surface area contributed by atoms with Crippen molar-refractivity contribution >= 4 is 65.7 Å². The van der Waals surface area contributed by atoms with Crippen LogP contribution in [0.1, 0.15) is 119 Å². The summed E-state index contributed by atoms with van der Waals surface area (Å²) < 4.78 is 44.9. The van der Waals surface area contributed by atoms with Crippen LogP contribution in [0.3, 0.4) is 0 Å². The standard InChI is InChI=1S/C8H14O2.C8H8O2.C7H13NO2.C7H14O2.C6H12N2O2.C5H6N2O2.C5H8O3S.C4H8O2.C3H6O2/c2*1-10-8(9)7-5-3-2-4-6-7;1-10-7(9)8-5-3-2-4-6-8;1-6(2)4-5-7(8)9-3;1-10-6(9)8-4-2-7-3-5-8;1-9-5(8)4-2-6-3-7-4;1-7-5(6)4-2-8-3-9-4;1-3-4(5)6-2;1-3(4)5-2/h7H,2-6H2,1H3;2-6H,1H3;2-6H2,1H3;6H,4-5H2,1-3H3;7H,2-5H2,1H3;2-3H,1H3,(H,6,7);4H,2-3H2,1H3;3H2,1-2H3;1-2H3. The molecule has 4 aliphatic rings. The number of amides is 2. The van der Waals surface area contributed by atoms with Crippen molar-refractivity contribution in [2.24, 2.45) is 11.8 Å². The highest BCUT2D eigenvalue weighted by Gasteiger charge is 2.24. The number of benzene rings is 1. The highest BCUT2D eigenvalue weighted by atomic mass is 32.2. The summed E-state index contributed by atoms with van der Waals surface area (Å²) in [6.45, 7) is 12.8. The number of H-pyrrole nitrogens is 1. The third-order valence-corrected chi connectivity index (χ3v) is 11.7. The lowest BCUT2D eigenvalue weighted by Gasteiger charge is -2.25. The number of rotatable bonds is 8. The number of hydrogen-bond donors (Lipinski definition) is 2. The van der Waals surface area contributed by atoms with Gasteiger partial charge in [0.05, 0.1) is 101 Å². The molecule has 1 aliphatic carbocycles. The number of hydrogen-bond acceptors (Lipinski definition) is 22. The number of piperazine rings is 1. The van der Waals surface area contributed by atoms with Crippen LogP contribution in [-0.4, -0.2) is 195 Å². The van der Waals surface area contributed by atoms with Crippen LogP contribution in [0.2, 0.25) is 0 Å². The summed E-state index contributed by atoms with van der Waals surface area (Å²) in [5.41, 5.74) is 0.961. The lowest BCUT2D eigenvalue weighted by atomic mass is 9.89. The maximum absolute atomic E-state index is 10.9. The molecule has 6 rings (SSSR count). The average Bonchev–Trinajstić information content (AvgIpc) is 4.26. The zero-order valence-electron chi connectivity index (χ0n) is 48.2. The van der Waals surface area contributed by atoms with Crippen LogP contribution in [-0.2, 0) is 71.3 Å². The minimum Gasteiger partial charge on any atom is -0.469 e. The van der Waals surface area contributed by atoms with Crippen molar-refractivity contribution in [3.05, 3.63) is 54.1 Å². The Bertz CT molecular complexity index is 1810. The van der Waals surface area contributed by atoms with Crippen molar-refractivity contribution in [2.45, 2.75) is 104 Å². The molecule has 24 nitrogen and oxygen atoms in total. The number of nitrogens with zero attached hydrogens (tertiary/aromatic N) is 3. The number of carbonyl (C=O) groups is 9. The molecule has 2 amide bonds. The molecule has 1 aromatic heterocycles. The summed E-state index contributed by atoms with van der Waals surface area (Å²) in [7, 11) is 12.5. The summed E-state index contributed by atoms with van der Waals surface area (Å²) in [5, 5.41) is 3.06. The number of aromatic amines is 1. The number of likely N-dealkylation sites (tertiary alicyclic amines) is 1. The number of esters is 7. The first kappa shape index (κ1) is 75.8. The molecule has 0 spiro atoms. The Morgan fingerprint density at radius 1 is 0.641 bits per heavy atom. The zero-order chi connectivity index (χ0) is 59.5. The first-order valence-corrected chi connectivity index (χ1v) is 26.5. The van der Waals surface area contributed by atoms with Gasteiger partial charge in [-0.2, -0.15) is 0 Å². The van der Waals surface area contributed by atoms with E-state index in [9.17, 15) is 43.2 Å². The predicted octanol–water partition coefficient (Wildman–Crippen LogP) is 6.90. The first-order valence-electron chi connectivity index (χ1n) is 25.4. The number of carbonyl (C=O) groups excluding carboxylic acids is 9. The van der Waals surface area contributed by atoms with Gasteiger partial charge < -0.3 is 67.5 Å². The van der Waals surface area contributed by atoms with E-state index in [1.165, 1.54) is 121 Å². The Balaban J connectivity index is -0.000000817. The van der Waals surface area contributed by atoms with Crippen molar-refractivity contribution in [1.29, 1.82) is 0 Å². The third-order valence-electron chi connectivity index (χ3n) is 10.6. The number of nitrogens with one attached hydrogen (secondary N) is 2. The Kier molecular flexibility index (Phi) is 49.8. The minimum absolute atomic E-state index is 0.0142. The largest absolute Gasteiger partial charge is 0.469 e. The van der Waals surface area contributed by atoms with Crippen molar-refractivity contribution in [3.8, 4) is 0 Å². The first-order chi connectivity index (χ1) is 37.3. The molecule has 2 N–H and O–H groups in total.